The Balaban J connectivity index is 2.18. The van der Waals surface area contributed by atoms with E-state index in [1.165, 1.54) is 36.6 Å². The van der Waals surface area contributed by atoms with Gasteiger partial charge in [0.2, 0.25) is 0 Å². The van der Waals surface area contributed by atoms with E-state index in [-0.39, 0.29) is 17.5 Å². The Kier molecular flexibility index (Phi) is 4.16. The first-order valence-electron chi connectivity index (χ1n) is 6.49. The van der Waals surface area contributed by atoms with Crippen molar-refractivity contribution in [3.05, 3.63) is 21.6 Å². The van der Waals surface area contributed by atoms with Gasteiger partial charge in [0.1, 0.15) is 12.2 Å². The lowest BCUT2D eigenvalue weighted by atomic mass is 9.89. The quantitative estimate of drug-likeness (QED) is 0.862. The maximum absolute atomic E-state index is 12.1. The first-order chi connectivity index (χ1) is 9.06. The lowest BCUT2D eigenvalue weighted by Crippen LogP contribution is -2.30. The molecule has 0 radical (unpaired) electrons. The monoisotopic (exact) mass is 279 g/mol. The van der Waals surface area contributed by atoms with E-state index in [9.17, 15) is 4.79 Å². The van der Waals surface area contributed by atoms with Crippen molar-refractivity contribution in [1.82, 2.24) is 9.78 Å². The molecule has 1 aromatic heterocycles. The zero-order valence-corrected chi connectivity index (χ0v) is 11.8. The number of nitrogens with zero attached hydrogens (tertiary/aromatic N) is 2. The number of hydrogen-bond acceptors (Lipinski definition) is 3. The van der Waals surface area contributed by atoms with Crippen LogP contribution in [0.3, 0.4) is 0 Å². The van der Waals surface area contributed by atoms with E-state index in [0.717, 1.165) is 6.54 Å². The van der Waals surface area contributed by atoms with Gasteiger partial charge < -0.3 is 5.32 Å². The summed E-state index contributed by atoms with van der Waals surface area (Å²) in [5.41, 5.74) is 0.391. The Morgan fingerprint density at radius 2 is 2.26 bits per heavy atom. The summed E-state index contributed by atoms with van der Waals surface area (Å²) in [6.45, 7) is 3.14. The summed E-state index contributed by atoms with van der Waals surface area (Å²) >= 11 is 6.04. The van der Waals surface area contributed by atoms with Gasteiger partial charge in [0.05, 0.1) is 11.2 Å². The predicted molar refractivity (Wildman–Crippen MR) is 77.4 cm³/mol. The fraction of sp³-hybridized carbons (Fsp3) is 0.571. The summed E-state index contributed by atoms with van der Waals surface area (Å²) in [7, 11) is 0. The fourth-order valence-electron chi connectivity index (χ4n) is 2.53. The highest BCUT2D eigenvalue weighted by Crippen LogP contribution is 2.37. The second kappa shape index (κ2) is 5.66. The third-order valence-electron chi connectivity index (χ3n) is 3.74. The smallest absolute Gasteiger partial charge is 0.292 e. The van der Waals surface area contributed by atoms with Crippen LogP contribution in [0.15, 0.2) is 11.0 Å². The maximum Gasteiger partial charge on any atom is 0.292 e. The van der Waals surface area contributed by atoms with Gasteiger partial charge in [-0.05, 0) is 18.3 Å². The van der Waals surface area contributed by atoms with Crippen LogP contribution < -0.4 is 10.9 Å². The second-order valence-corrected chi connectivity index (χ2v) is 5.81. The molecule has 1 heterocycles. The summed E-state index contributed by atoms with van der Waals surface area (Å²) in [5, 5.41) is 7.45. The third kappa shape index (κ3) is 3.10. The molecule has 1 aliphatic carbocycles. The Bertz CT molecular complexity index is 553. The van der Waals surface area contributed by atoms with Gasteiger partial charge in [-0.2, -0.15) is 5.10 Å². The highest BCUT2D eigenvalue weighted by atomic mass is 35.5. The number of nitrogens with one attached hydrogen (secondary N) is 1. The molecule has 1 aromatic rings. The lowest BCUT2D eigenvalue weighted by Gasteiger charge is -2.24. The molecule has 102 valence electrons. The number of anilines is 1. The predicted octanol–water partition coefficient (Wildman–Crippen LogP) is 2.52. The molecule has 0 unspecified atom stereocenters. The van der Waals surface area contributed by atoms with E-state index in [4.69, 9.17) is 18.0 Å². The van der Waals surface area contributed by atoms with Crippen molar-refractivity contribution in [3.63, 3.8) is 0 Å². The first kappa shape index (κ1) is 14.0. The largest absolute Gasteiger partial charge is 0.379 e. The SMILES string of the molecule is C#CCn1ncc(Cl)c(NCC2(C)CCCC2)c1=O. The summed E-state index contributed by atoms with van der Waals surface area (Å²) in [6.07, 6.45) is 11.5. The van der Waals surface area contributed by atoms with Gasteiger partial charge >= 0.3 is 0 Å². The highest BCUT2D eigenvalue weighted by molar-refractivity contribution is 6.32. The number of halogens is 1. The average Bonchev–Trinajstić information content (AvgIpc) is 2.80. The van der Waals surface area contributed by atoms with Crippen molar-refractivity contribution in [1.29, 1.82) is 0 Å². The summed E-state index contributed by atoms with van der Waals surface area (Å²) in [4.78, 5) is 12.1. The average molecular weight is 280 g/mol. The standard InChI is InChI=1S/C14H18ClN3O/c1-3-8-18-13(19)12(11(15)9-17-18)16-10-14(2)6-4-5-7-14/h1,9,16H,4-8,10H2,2H3. The highest BCUT2D eigenvalue weighted by Gasteiger charge is 2.28. The van der Waals surface area contributed by atoms with Crippen LogP contribution in [0.2, 0.25) is 5.02 Å². The molecule has 0 amide bonds. The van der Waals surface area contributed by atoms with Crippen molar-refractivity contribution in [2.24, 2.45) is 5.41 Å². The molecule has 5 heteroatoms. The Hall–Kier alpha value is -1.47. The topological polar surface area (TPSA) is 46.9 Å². The van der Waals surface area contributed by atoms with E-state index in [0.29, 0.717) is 10.7 Å². The van der Waals surface area contributed by atoms with Crippen LogP contribution >= 0.6 is 11.6 Å². The van der Waals surface area contributed by atoms with E-state index in [1.807, 2.05) is 0 Å². The minimum atomic E-state index is -0.257. The lowest BCUT2D eigenvalue weighted by molar-refractivity contribution is 0.361. The molecule has 0 spiro atoms. The van der Waals surface area contributed by atoms with Crippen LogP contribution in [0.4, 0.5) is 5.69 Å². The molecule has 1 aliphatic rings. The number of rotatable bonds is 4. The van der Waals surface area contributed by atoms with Gasteiger partial charge in [-0.3, -0.25) is 4.79 Å². The molecular formula is C14H18ClN3O. The summed E-state index contributed by atoms with van der Waals surface area (Å²) in [6, 6.07) is 0. The maximum atomic E-state index is 12.1. The molecule has 2 rings (SSSR count). The summed E-state index contributed by atoms with van der Waals surface area (Å²) < 4.78 is 1.24. The Labute approximate surface area is 118 Å². The van der Waals surface area contributed by atoms with Crippen LogP contribution in [0.5, 0.6) is 0 Å². The van der Waals surface area contributed by atoms with Gasteiger partial charge in [0, 0.05) is 6.54 Å². The van der Waals surface area contributed by atoms with Gasteiger partial charge in [-0.25, -0.2) is 4.68 Å². The van der Waals surface area contributed by atoms with Crippen molar-refractivity contribution >= 4 is 17.3 Å². The minimum absolute atomic E-state index is 0.155. The zero-order chi connectivity index (χ0) is 13.9. The van der Waals surface area contributed by atoms with Gasteiger partial charge in [0.25, 0.3) is 5.56 Å². The molecule has 0 bridgehead atoms. The summed E-state index contributed by atoms with van der Waals surface area (Å²) in [5.74, 6) is 2.41. The molecular weight excluding hydrogens is 262 g/mol. The Morgan fingerprint density at radius 3 is 2.89 bits per heavy atom. The van der Waals surface area contributed by atoms with Crippen LogP contribution in [-0.4, -0.2) is 16.3 Å². The van der Waals surface area contributed by atoms with Crippen molar-refractivity contribution < 1.29 is 0 Å². The van der Waals surface area contributed by atoms with Gasteiger partial charge in [0.15, 0.2) is 0 Å². The second-order valence-electron chi connectivity index (χ2n) is 5.41. The molecule has 1 saturated carbocycles. The molecule has 0 aromatic carbocycles. The van der Waals surface area contributed by atoms with Crippen molar-refractivity contribution in [2.45, 2.75) is 39.2 Å². The van der Waals surface area contributed by atoms with Crippen LogP contribution in [-0.2, 0) is 6.54 Å². The van der Waals surface area contributed by atoms with E-state index < -0.39 is 0 Å². The molecule has 4 nitrogen and oxygen atoms in total. The van der Waals surface area contributed by atoms with Crippen molar-refractivity contribution in [3.8, 4) is 12.3 Å². The van der Waals surface area contributed by atoms with E-state index >= 15 is 0 Å². The molecule has 0 aliphatic heterocycles. The first-order valence-corrected chi connectivity index (χ1v) is 6.86. The van der Waals surface area contributed by atoms with Crippen LogP contribution in [0, 0.1) is 17.8 Å². The normalized spacial score (nSPS) is 17.1. The van der Waals surface area contributed by atoms with E-state index in [1.54, 1.807) is 0 Å². The molecule has 1 N–H and O–H groups in total. The fourth-order valence-corrected chi connectivity index (χ4v) is 2.73. The molecule has 0 saturated heterocycles. The third-order valence-corrected chi connectivity index (χ3v) is 4.03. The number of terminal acetylenes is 1. The molecule has 0 atom stereocenters. The minimum Gasteiger partial charge on any atom is -0.379 e. The van der Waals surface area contributed by atoms with Crippen LogP contribution in [0.1, 0.15) is 32.6 Å². The number of hydrogen-bond donors (Lipinski definition) is 1. The number of aromatic nitrogens is 2. The van der Waals surface area contributed by atoms with E-state index in [2.05, 4.69) is 23.3 Å². The van der Waals surface area contributed by atoms with Crippen molar-refractivity contribution in [2.75, 3.05) is 11.9 Å². The Morgan fingerprint density at radius 1 is 1.58 bits per heavy atom. The molecule has 1 fully saturated rings. The zero-order valence-electron chi connectivity index (χ0n) is 11.1. The molecule has 19 heavy (non-hydrogen) atoms. The van der Waals surface area contributed by atoms with Gasteiger partial charge in [-0.15, -0.1) is 6.42 Å². The van der Waals surface area contributed by atoms with Crippen LogP contribution in [0.25, 0.3) is 0 Å². The van der Waals surface area contributed by atoms with Gasteiger partial charge in [-0.1, -0.05) is 37.3 Å².